The summed E-state index contributed by atoms with van der Waals surface area (Å²) in [7, 11) is 0. The molecule has 0 atom stereocenters. The van der Waals surface area contributed by atoms with Gasteiger partial charge in [0.25, 0.3) is 0 Å². The molecule has 2 aromatic rings. The van der Waals surface area contributed by atoms with E-state index < -0.39 is 0 Å². The molecule has 32 heavy (non-hydrogen) atoms. The van der Waals surface area contributed by atoms with Gasteiger partial charge >= 0.3 is 6.09 Å². The third-order valence-corrected chi connectivity index (χ3v) is 7.11. The Bertz CT molecular complexity index is 969. The number of hydrogen-bond donors (Lipinski definition) is 1. The smallest absolute Gasteiger partial charge is 0.409 e. The van der Waals surface area contributed by atoms with E-state index in [4.69, 9.17) is 4.74 Å². The van der Waals surface area contributed by atoms with Crippen LogP contribution in [-0.4, -0.2) is 56.2 Å². The van der Waals surface area contributed by atoms with Crippen molar-refractivity contribution in [2.24, 2.45) is 5.92 Å². The predicted octanol–water partition coefficient (Wildman–Crippen LogP) is 4.24. The summed E-state index contributed by atoms with van der Waals surface area (Å²) in [5, 5.41) is 2.82. The van der Waals surface area contributed by atoms with Crippen LogP contribution in [0, 0.1) is 19.8 Å². The molecule has 170 valence electrons. The Hall–Kier alpha value is -2.67. The second-order valence-corrected chi connectivity index (χ2v) is 9.58. The minimum atomic E-state index is -0.303. The summed E-state index contributed by atoms with van der Waals surface area (Å²) in [6.07, 6.45) is 1.65. The van der Waals surface area contributed by atoms with Gasteiger partial charge < -0.3 is 19.9 Å². The van der Waals surface area contributed by atoms with Crippen LogP contribution in [-0.2, 0) is 9.53 Å². The van der Waals surface area contributed by atoms with Crippen LogP contribution in [0.15, 0.2) is 52.3 Å². The molecule has 7 heteroatoms. The fraction of sp³-hybridized carbons (Fsp3) is 0.440. The molecule has 0 spiro atoms. The Labute approximate surface area is 194 Å². The van der Waals surface area contributed by atoms with Gasteiger partial charge in [0.1, 0.15) is 6.61 Å². The van der Waals surface area contributed by atoms with Crippen LogP contribution >= 0.6 is 11.8 Å². The molecule has 1 aliphatic heterocycles. The Balaban J connectivity index is 1.28. The van der Waals surface area contributed by atoms with E-state index in [0.717, 1.165) is 25.9 Å². The average molecular weight is 454 g/mol. The van der Waals surface area contributed by atoms with Crippen molar-refractivity contribution in [3.8, 4) is 0 Å². The van der Waals surface area contributed by atoms with Gasteiger partial charge in [-0.05, 0) is 50.5 Å². The van der Waals surface area contributed by atoms with Crippen molar-refractivity contribution < 1.29 is 14.3 Å². The first-order valence-electron chi connectivity index (χ1n) is 11.3. The first-order valence-corrected chi connectivity index (χ1v) is 12.1. The number of amides is 2. The Morgan fingerprint density at radius 2 is 1.78 bits per heavy atom. The van der Waals surface area contributed by atoms with Crippen molar-refractivity contribution in [3.05, 3.63) is 53.6 Å². The van der Waals surface area contributed by atoms with Crippen LogP contribution < -0.4 is 10.2 Å². The number of piperazine rings is 1. The van der Waals surface area contributed by atoms with E-state index >= 15 is 0 Å². The van der Waals surface area contributed by atoms with Gasteiger partial charge in [0, 0.05) is 41.9 Å². The van der Waals surface area contributed by atoms with Gasteiger partial charge in [0.05, 0.1) is 12.2 Å². The quantitative estimate of drug-likeness (QED) is 0.636. The van der Waals surface area contributed by atoms with Crippen LogP contribution in [0.2, 0.25) is 0 Å². The van der Waals surface area contributed by atoms with Gasteiger partial charge in [-0.2, -0.15) is 0 Å². The van der Waals surface area contributed by atoms with Crippen molar-refractivity contribution in [3.63, 3.8) is 0 Å². The van der Waals surface area contributed by atoms with E-state index in [1.165, 1.54) is 26.6 Å². The normalized spacial score (nSPS) is 16.1. The molecular weight excluding hydrogens is 422 g/mol. The van der Waals surface area contributed by atoms with Gasteiger partial charge in [0.2, 0.25) is 5.91 Å². The number of anilines is 1. The molecule has 2 aliphatic rings. The van der Waals surface area contributed by atoms with E-state index in [9.17, 15) is 9.59 Å². The van der Waals surface area contributed by atoms with Gasteiger partial charge in [0.15, 0.2) is 0 Å². The molecular formula is C25H31N3O3S. The molecule has 1 saturated heterocycles. The minimum absolute atomic E-state index is 0.0760. The SMILES string of the molecule is Cc1ccc(Sc2ccccc2N2CCN(C(=O)OCCNC(=O)C3CC3)CC2)c(C)c1. The number of hydrogen-bond acceptors (Lipinski definition) is 5. The molecule has 1 N–H and O–H groups in total. The highest BCUT2D eigenvalue weighted by atomic mass is 32.2. The predicted molar refractivity (Wildman–Crippen MR) is 127 cm³/mol. The van der Waals surface area contributed by atoms with Gasteiger partial charge in [-0.25, -0.2) is 4.79 Å². The Morgan fingerprint density at radius 1 is 1.03 bits per heavy atom. The summed E-state index contributed by atoms with van der Waals surface area (Å²) in [6, 6.07) is 15.0. The molecule has 0 unspecified atom stereocenters. The zero-order chi connectivity index (χ0) is 22.5. The van der Waals surface area contributed by atoms with Crippen molar-refractivity contribution in [2.45, 2.75) is 36.5 Å². The van der Waals surface area contributed by atoms with Crippen LogP contribution in [0.4, 0.5) is 10.5 Å². The van der Waals surface area contributed by atoms with Crippen LogP contribution in [0.1, 0.15) is 24.0 Å². The third-order valence-electron chi connectivity index (χ3n) is 5.87. The van der Waals surface area contributed by atoms with Crippen molar-refractivity contribution in [1.82, 2.24) is 10.2 Å². The van der Waals surface area contributed by atoms with Crippen molar-refractivity contribution >= 4 is 29.4 Å². The molecule has 2 amide bonds. The lowest BCUT2D eigenvalue weighted by molar-refractivity contribution is -0.122. The zero-order valence-electron chi connectivity index (χ0n) is 18.8. The molecule has 0 radical (unpaired) electrons. The summed E-state index contributed by atoms with van der Waals surface area (Å²) >= 11 is 1.79. The van der Waals surface area contributed by atoms with Crippen LogP contribution in [0.3, 0.4) is 0 Å². The van der Waals surface area contributed by atoms with E-state index in [2.05, 4.69) is 66.5 Å². The number of para-hydroxylation sites is 1. The van der Waals surface area contributed by atoms with E-state index in [1.54, 1.807) is 16.7 Å². The maximum absolute atomic E-state index is 12.4. The second kappa shape index (κ2) is 10.3. The minimum Gasteiger partial charge on any atom is -0.448 e. The van der Waals surface area contributed by atoms with Gasteiger partial charge in [-0.15, -0.1) is 0 Å². The molecule has 4 rings (SSSR count). The molecule has 0 bridgehead atoms. The fourth-order valence-electron chi connectivity index (χ4n) is 3.86. The number of ether oxygens (including phenoxy) is 1. The molecule has 2 fully saturated rings. The topological polar surface area (TPSA) is 61.9 Å². The molecule has 1 heterocycles. The lowest BCUT2D eigenvalue weighted by Crippen LogP contribution is -2.49. The van der Waals surface area contributed by atoms with E-state index in [-0.39, 0.29) is 24.5 Å². The Morgan fingerprint density at radius 3 is 2.50 bits per heavy atom. The maximum Gasteiger partial charge on any atom is 0.409 e. The summed E-state index contributed by atoms with van der Waals surface area (Å²) in [5.74, 6) is 0.252. The lowest BCUT2D eigenvalue weighted by Gasteiger charge is -2.36. The average Bonchev–Trinajstić information content (AvgIpc) is 3.64. The zero-order valence-corrected chi connectivity index (χ0v) is 19.6. The van der Waals surface area contributed by atoms with Crippen LogP contribution in [0.25, 0.3) is 0 Å². The fourth-order valence-corrected chi connectivity index (χ4v) is 4.90. The summed E-state index contributed by atoms with van der Waals surface area (Å²) in [5.41, 5.74) is 3.76. The number of rotatable bonds is 7. The monoisotopic (exact) mass is 453 g/mol. The summed E-state index contributed by atoms with van der Waals surface area (Å²) < 4.78 is 5.35. The summed E-state index contributed by atoms with van der Waals surface area (Å²) in [4.78, 5) is 30.6. The Kier molecular flexibility index (Phi) is 7.25. The highest BCUT2D eigenvalue weighted by Crippen LogP contribution is 2.37. The number of benzene rings is 2. The molecule has 2 aromatic carbocycles. The highest BCUT2D eigenvalue weighted by molar-refractivity contribution is 7.99. The largest absolute Gasteiger partial charge is 0.448 e. The number of aryl methyl sites for hydroxylation is 2. The maximum atomic E-state index is 12.4. The van der Waals surface area contributed by atoms with Crippen molar-refractivity contribution in [1.29, 1.82) is 0 Å². The molecule has 1 aliphatic carbocycles. The first-order chi connectivity index (χ1) is 15.5. The lowest BCUT2D eigenvalue weighted by atomic mass is 10.2. The molecule has 0 aromatic heterocycles. The van der Waals surface area contributed by atoms with Gasteiger partial charge in [-0.1, -0.05) is 41.6 Å². The number of nitrogens with zero attached hydrogens (tertiary/aromatic N) is 2. The summed E-state index contributed by atoms with van der Waals surface area (Å²) in [6.45, 7) is 7.63. The molecule has 1 saturated carbocycles. The number of nitrogens with one attached hydrogen (secondary N) is 1. The van der Waals surface area contributed by atoms with Crippen molar-refractivity contribution in [2.75, 3.05) is 44.2 Å². The van der Waals surface area contributed by atoms with Crippen LogP contribution in [0.5, 0.6) is 0 Å². The third kappa shape index (κ3) is 5.76. The number of carbonyl (C=O) groups is 2. The second-order valence-electron chi connectivity index (χ2n) is 8.49. The highest BCUT2D eigenvalue weighted by Gasteiger charge is 2.29. The van der Waals surface area contributed by atoms with E-state index in [1.807, 2.05) is 0 Å². The first kappa shape index (κ1) is 22.5. The number of carbonyl (C=O) groups excluding carboxylic acids is 2. The van der Waals surface area contributed by atoms with Gasteiger partial charge in [-0.3, -0.25) is 4.79 Å². The molecule has 6 nitrogen and oxygen atoms in total. The standard InChI is InChI=1S/C25H31N3O3S/c1-18-7-10-22(19(2)17-18)32-23-6-4-3-5-21(23)27-12-14-28(15-13-27)25(30)31-16-11-26-24(29)20-8-9-20/h3-7,10,17,20H,8-9,11-16H2,1-2H3,(H,26,29). The van der Waals surface area contributed by atoms with E-state index in [0.29, 0.717) is 19.6 Å².